The van der Waals surface area contributed by atoms with Gasteiger partial charge in [-0.25, -0.2) is 0 Å². The maximum atomic E-state index is 12.8. The van der Waals surface area contributed by atoms with Crippen molar-refractivity contribution in [2.24, 2.45) is 0 Å². The van der Waals surface area contributed by atoms with E-state index in [2.05, 4.69) is 0 Å². The molecular formula is C19H19NO3S. The van der Waals surface area contributed by atoms with E-state index < -0.39 is 0 Å². The number of likely N-dealkylation sites (N-methyl/N-ethyl adjacent to an activating group) is 1. The molecule has 0 spiro atoms. The van der Waals surface area contributed by atoms with Gasteiger partial charge in [0.25, 0.3) is 5.91 Å². The standard InChI is InChI=1S/C19H19NO3S/c1-13-6-3-4-7-14(13)15(12-21)20(2)19(22)18-10-9-17(24-18)16-8-5-11-23-16/h3-11,15,21H,12H2,1-2H3. The highest BCUT2D eigenvalue weighted by Gasteiger charge is 2.24. The molecule has 0 aliphatic carbocycles. The molecule has 2 aromatic heterocycles. The molecule has 1 atom stereocenters. The Hall–Kier alpha value is -2.37. The van der Waals surface area contributed by atoms with Crippen LogP contribution in [-0.2, 0) is 0 Å². The Morgan fingerprint density at radius 3 is 2.67 bits per heavy atom. The smallest absolute Gasteiger partial charge is 0.264 e. The molecule has 24 heavy (non-hydrogen) atoms. The summed E-state index contributed by atoms with van der Waals surface area (Å²) in [6.45, 7) is 1.86. The van der Waals surface area contributed by atoms with Crippen LogP contribution in [0.4, 0.5) is 0 Å². The first-order chi connectivity index (χ1) is 11.6. The summed E-state index contributed by atoms with van der Waals surface area (Å²) in [6.07, 6.45) is 1.61. The summed E-state index contributed by atoms with van der Waals surface area (Å²) in [7, 11) is 1.72. The third-order valence-corrected chi connectivity index (χ3v) is 5.18. The molecule has 0 aliphatic heterocycles. The van der Waals surface area contributed by atoms with E-state index in [0.29, 0.717) is 4.88 Å². The first kappa shape index (κ1) is 16.5. The number of aryl methyl sites for hydroxylation is 1. The quantitative estimate of drug-likeness (QED) is 0.759. The van der Waals surface area contributed by atoms with Crippen LogP contribution in [0.1, 0.15) is 26.8 Å². The predicted octanol–water partition coefficient (Wildman–Crippen LogP) is 4.12. The van der Waals surface area contributed by atoms with Gasteiger partial charge in [-0.05, 0) is 42.3 Å². The van der Waals surface area contributed by atoms with Crippen molar-refractivity contribution in [3.05, 3.63) is 70.8 Å². The van der Waals surface area contributed by atoms with Gasteiger partial charge in [0.1, 0.15) is 5.76 Å². The number of rotatable bonds is 5. The second-order valence-corrected chi connectivity index (χ2v) is 6.70. The normalized spacial score (nSPS) is 12.1. The number of hydrogen-bond acceptors (Lipinski definition) is 4. The van der Waals surface area contributed by atoms with Crippen LogP contribution in [0.3, 0.4) is 0 Å². The highest BCUT2D eigenvalue weighted by atomic mass is 32.1. The molecule has 0 aliphatic rings. The van der Waals surface area contributed by atoms with Gasteiger partial charge in [0, 0.05) is 7.05 Å². The third-order valence-electron chi connectivity index (χ3n) is 4.09. The fourth-order valence-corrected chi connectivity index (χ4v) is 3.67. The number of nitrogens with zero attached hydrogens (tertiary/aromatic N) is 1. The van der Waals surface area contributed by atoms with Gasteiger partial charge in [-0.1, -0.05) is 24.3 Å². The third kappa shape index (κ3) is 3.13. The second-order valence-electron chi connectivity index (χ2n) is 5.61. The molecule has 3 aromatic rings. The number of carbonyl (C=O) groups is 1. The van der Waals surface area contributed by atoms with Gasteiger partial charge in [0.05, 0.1) is 28.7 Å². The lowest BCUT2D eigenvalue weighted by atomic mass is 10.0. The molecule has 1 N–H and O–H groups in total. The van der Waals surface area contributed by atoms with E-state index in [1.54, 1.807) is 24.3 Å². The Kier molecular flexibility index (Phi) is 4.83. The monoisotopic (exact) mass is 341 g/mol. The van der Waals surface area contributed by atoms with Crippen LogP contribution in [0.5, 0.6) is 0 Å². The molecule has 5 heteroatoms. The van der Waals surface area contributed by atoms with E-state index in [9.17, 15) is 9.90 Å². The summed E-state index contributed by atoms with van der Waals surface area (Å²) in [6, 6.07) is 14.8. The second kappa shape index (κ2) is 7.03. The molecule has 3 rings (SSSR count). The van der Waals surface area contributed by atoms with E-state index in [1.807, 2.05) is 49.4 Å². The number of hydrogen-bond donors (Lipinski definition) is 1. The molecule has 1 unspecified atom stereocenters. The fourth-order valence-electron chi connectivity index (χ4n) is 2.71. The van der Waals surface area contributed by atoms with Gasteiger partial charge < -0.3 is 14.4 Å². The minimum Gasteiger partial charge on any atom is -0.464 e. The van der Waals surface area contributed by atoms with E-state index >= 15 is 0 Å². The van der Waals surface area contributed by atoms with Crippen molar-refractivity contribution in [1.82, 2.24) is 4.90 Å². The van der Waals surface area contributed by atoms with Crippen LogP contribution in [0.15, 0.2) is 59.2 Å². The van der Waals surface area contributed by atoms with Crippen molar-refractivity contribution >= 4 is 17.2 Å². The van der Waals surface area contributed by atoms with Crippen molar-refractivity contribution < 1.29 is 14.3 Å². The predicted molar refractivity (Wildman–Crippen MR) is 95.1 cm³/mol. The first-order valence-corrected chi connectivity index (χ1v) is 8.50. The van der Waals surface area contributed by atoms with E-state index in [1.165, 1.54) is 11.3 Å². The van der Waals surface area contributed by atoms with Crippen molar-refractivity contribution in [2.45, 2.75) is 13.0 Å². The Labute approximate surface area is 145 Å². The molecule has 124 valence electrons. The molecule has 0 bridgehead atoms. The topological polar surface area (TPSA) is 53.7 Å². The Morgan fingerprint density at radius 2 is 2.00 bits per heavy atom. The summed E-state index contributed by atoms with van der Waals surface area (Å²) in [5, 5.41) is 9.82. The SMILES string of the molecule is Cc1ccccc1C(CO)N(C)C(=O)c1ccc(-c2ccco2)s1. The van der Waals surface area contributed by atoms with E-state index in [4.69, 9.17) is 4.42 Å². The molecule has 1 amide bonds. The lowest BCUT2D eigenvalue weighted by Crippen LogP contribution is -2.33. The average molecular weight is 341 g/mol. The molecular weight excluding hydrogens is 322 g/mol. The lowest BCUT2D eigenvalue weighted by Gasteiger charge is -2.27. The number of aliphatic hydroxyl groups is 1. The zero-order chi connectivity index (χ0) is 17.1. The fraction of sp³-hybridized carbons (Fsp3) is 0.211. The molecule has 0 saturated heterocycles. The van der Waals surface area contributed by atoms with Crippen LogP contribution in [0, 0.1) is 6.92 Å². The minimum absolute atomic E-state index is 0.111. The van der Waals surface area contributed by atoms with Crippen LogP contribution in [-0.4, -0.2) is 29.6 Å². The van der Waals surface area contributed by atoms with Crippen LogP contribution < -0.4 is 0 Å². The zero-order valence-electron chi connectivity index (χ0n) is 13.6. The van der Waals surface area contributed by atoms with Crippen LogP contribution in [0.25, 0.3) is 10.6 Å². The van der Waals surface area contributed by atoms with E-state index in [-0.39, 0.29) is 18.6 Å². The maximum absolute atomic E-state index is 12.8. The molecule has 0 fully saturated rings. The van der Waals surface area contributed by atoms with Crippen molar-refractivity contribution in [3.63, 3.8) is 0 Å². The number of benzene rings is 1. The van der Waals surface area contributed by atoms with E-state index in [0.717, 1.165) is 21.8 Å². The average Bonchev–Trinajstić information content (AvgIpc) is 3.27. The zero-order valence-corrected chi connectivity index (χ0v) is 14.4. The largest absolute Gasteiger partial charge is 0.464 e. The van der Waals surface area contributed by atoms with Crippen molar-refractivity contribution in [3.8, 4) is 10.6 Å². The summed E-state index contributed by atoms with van der Waals surface area (Å²) in [5.74, 6) is 0.638. The molecule has 1 aromatic carbocycles. The van der Waals surface area contributed by atoms with Gasteiger partial charge in [-0.2, -0.15) is 0 Å². The highest BCUT2D eigenvalue weighted by Crippen LogP contribution is 2.31. The van der Waals surface area contributed by atoms with Gasteiger partial charge in [-0.15, -0.1) is 11.3 Å². The van der Waals surface area contributed by atoms with Gasteiger partial charge in [-0.3, -0.25) is 4.79 Å². The number of thiophene rings is 1. The molecule has 2 heterocycles. The molecule has 0 radical (unpaired) electrons. The summed E-state index contributed by atoms with van der Waals surface area (Å²) >= 11 is 1.39. The highest BCUT2D eigenvalue weighted by molar-refractivity contribution is 7.17. The minimum atomic E-state index is -0.368. The van der Waals surface area contributed by atoms with Crippen molar-refractivity contribution in [2.75, 3.05) is 13.7 Å². The summed E-state index contributed by atoms with van der Waals surface area (Å²) < 4.78 is 5.37. The molecule has 0 saturated carbocycles. The maximum Gasteiger partial charge on any atom is 0.264 e. The number of amides is 1. The molecule has 4 nitrogen and oxygen atoms in total. The number of furan rings is 1. The summed E-state index contributed by atoms with van der Waals surface area (Å²) in [4.78, 5) is 15.9. The van der Waals surface area contributed by atoms with Crippen LogP contribution in [0.2, 0.25) is 0 Å². The van der Waals surface area contributed by atoms with Crippen molar-refractivity contribution in [1.29, 1.82) is 0 Å². The number of carbonyl (C=O) groups excluding carboxylic acids is 1. The summed E-state index contributed by atoms with van der Waals surface area (Å²) in [5.41, 5.74) is 2.01. The van der Waals surface area contributed by atoms with Gasteiger partial charge in [0.2, 0.25) is 0 Å². The van der Waals surface area contributed by atoms with Gasteiger partial charge in [0.15, 0.2) is 0 Å². The Bertz CT molecular complexity index is 823. The Morgan fingerprint density at radius 1 is 1.21 bits per heavy atom. The lowest BCUT2D eigenvalue weighted by molar-refractivity contribution is 0.0662. The number of aliphatic hydroxyl groups excluding tert-OH is 1. The van der Waals surface area contributed by atoms with Crippen LogP contribution >= 0.6 is 11.3 Å². The Balaban J connectivity index is 1.85. The van der Waals surface area contributed by atoms with Gasteiger partial charge >= 0.3 is 0 Å². The first-order valence-electron chi connectivity index (χ1n) is 7.69.